The molecule has 166 valence electrons. The van der Waals surface area contributed by atoms with Gasteiger partial charge >= 0.3 is 0 Å². The van der Waals surface area contributed by atoms with Gasteiger partial charge < -0.3 is 5.32 Å². The van der Waals surface area contributed by atoms with Crippen molar-refractivity contribution in [2.24, 2.45) is 0 Å². The topological polar surface area (TPSA) is 97.4 Å². The average molecular weight is 457 g/mol. The van der Waals surface area contributed by atoms with E-state index in [1.165, 1.54) is 30.3 Å². The van der Waals surface area contributed by atoms with Crippen LogP contribution in [0.3, 0.4) is 0 Å². The van der Waals surface area contributed by atoms with Crippen molar-refractivity contribution in [1.29, 1.82) is 0 Å². The molecule has 1 amide bonds. The zero-order valence-corrected chi connectivity index (χ0v) is 18.1. The molecule has 4 aromatic rings. The highest BCUT2D eigenvalue weighted by Crippen LogP contribution is 2.30. The van der Waals surface area contributed by atoms with Crippen LogP contribution in [0, 0.1) is 0 Å². The lowest BCUT2D eigenvalue weighted by Gasteiger charge is -2.19. The second-order valence-electron chi connectivity index (χ2n) is 8.38. The Morgan fingerprint density at radius 3 is 1.37 bits per heavy atom. The number of carbonyl (C=O) groups is 5. The quantitative estimate of drug-likeness (QED) is 0.413. The molecule has 0 spiro atoms. The normalized spacial score (nSPS) is 13.5. The van der Waals surface area contributed by atoms with Gasteiger partial charge in [-0.25, -0.2) is 0 Å². The van der Waals surface area contributed by atoms with Gasteiger partial charge in [0, 0.05) is 55.8 Å². The maximum absolute atomic E-state index is 13.0. The third kappa shape index (κ3) is 3.08. The SMILES string of the molecule is O=C(Nc1ccc2c(c1)C(=O)c1ccccc1C2=O)c1ccc2c(c1)C(=O)c1ccccc1C2=O. The number of hydrogen-bond donors (Lipinski definition) is 1. The highest BCUT2D eigenvalue weighted by molar-refractivity contribution is 6.30. The van der Waals surface area contributed by atoms with Crippen LogP contribution in [0.2, 0.25) is 0 Å². The standard InChI is InChI=1S/C29H15NO5/c31-25-17-5-1-3-7-19(17)27(33)23-13-15(9-11-21(23)25)29(35)30-16-10-12-22-24(14-16)28(34)20-8-4-2-6-18(20)26(22)32/h1-14H,(H,30,35). The molecule has 0 aliphatic heterocycles. The number of nitrogens with one attached hydrogen (secondary N) is 1. The van der Waals surface area contributed by atoms with Crippen molar-refractivity contribution in [3.8, 4) is 0 Å². The summed E-state index contributed by atoms with van der Waals surface area (Å²) in [6.07, 6.45) is 0. The lowest BCUT2D eigenvalue weighted by molar-refractivity contribution is 0.0978. The molecule has 35 heavy (non-hydrogen) atoms. The third-order valence-electron chi connectivity index (χ3n) is 6.37. The summed E-state index contributed by atoms with van der Waals surface area (Å²) in [5.41, 5.74) is 2.78. The molecule has 2 aliphatic carbocycles. The monoisotopic (exact) mass is 457 g/mol. The van der Waals surface area contributed by atoms with E-state index < -0.39 is 5.91 Å². The molecule has 4 aromatic carbocycles. The number of ketones is 4. The summed E-state index contributed by atoms with van der Waals surface area (Å²) in [7, 11) is 0. The Labute approximate surface area is 199 Å². The first-order valence-corrected chi connectivity index (χ1v) is 10.9. The molecular formula is C29H15NO5. The second kappa shape index (κ2) is 7.53. The smallest absolute Gasteiger partial charge is 0.255 e. The molecule has 2 aliphatic rings. The van der Waals surface area contributed by atoms with E-state index in [2.05, 4.69) is 5.32 Å². The number of fused-ring (bicyclic) bond motifs is 4. The van der Waals surface area contributed by atoms with Crippen molar-refractivity contribution in [2.75, 3.05) is 5.32 Å². The van der Waals surface area contributed by atoms with E-state index in [0.717, 1.165) is 0 Å². The van der Waals surface area contributed by atoms with Crippen LogP contribution in [-0.2, 0) is 0 Å². The van der Waals surface area contributed by atoms with Gasteiger partial charge in [0.2, 0.25) is 0 Å². The first kappa shape index (κ1) is 20.6. The van der Waals surface area contributed by atoms with E-state index in [1.54, 1.807) is 54.6 Å². The van der Waals surface area contributed by atoms with Crippen LogP contribution in [0.1, 0.15) is 74.0 Å². The second-order valence-corrected chi connectivity index (χ2v) is 8.38. The molecule has 0 atom stereocenters. The van der Waals surface area contributed by atoms with Crippen molar-refractivity contribution in [2.45, 2.75) is 0 Å². The lowest BCUT2D eigenvalue weighted by atomic mass is 9.83. The lowest BCUT2D eigenvalue weighted by Crippen LogP contribution is -2.23. The zero-order chi connectivity index (χ0) is 24.3. The minimum Gasteiger partial charge on any atom is -0.322 e. The first-order valence-electron chi connectivity index (χ1n) is 10.9. The number of amides is 1. The number of anilines is 1. The highest BCUT2D eigenvalue weighted by atomic mass is 16.2. The summed E-state index contributed by atoms with van der Waals surface area (Å²) in [6, 6.07) is 22.1. The molecular weight excluding hydrogens is 442 g/mol. The van der Waals surface area contributed by atoms with Gasteiger partial charge in [0.25, 0.3) is 5.91 Å². The predicted molar refractivity (Wildman–Crippen MR) is 127 cm³/mol. The summed E-state index contributed by atoms with van der Waals surface area (Å²) in [5.74, 6) is -1.63. The van der Waals surface area contributed by atoms with Gasteiger partial charge in [-0.15, -0.1) is 0 Å². The molecule has 0 unspecified atom stereocenters. The summed E-state index contributed by atoms with van der Waals surface area (Å²) < 4.78 is 0. The molecule has 0 aromatic heterocycles. The highest BCUT2D eigenvalue weighted by Gasteiger charge is 2.31. The van der Waals surface area contributed by atoms with Crippen molar-refractivity contribution < 1.29 is 24.0 Å². The van der Waals surface area contributed by atoms with E-state index in [9.17, 15) is 24.0 Å². The largest absolute Gasteiger partial charge is 0.322 e. The van der Waals surface area contributed by atoms with E-state index in [-0.39, 0.29) is 51.0 Å². The molecule has 0 radical (unpaired) electrons. The molecule has 0 heterocycles. The van der Waals surface area contributed by atoms with Crippen molar-refractivity contribution in [3.63, 3.8) is 0 Å². The van der Waals surface area contributed by atoms with Crippen LogP contribution in [0.5, 0.6) is 0 Å². The number of carbonyl (C=O) groups excluding carboxylic acids is 5. The predicted octanol–water partition coefficient (Wildman–Crippen LogP) is 4.49. The fourth-order valence-corrected chi connectivity index (χ4v) is 4.62. The Hall–Kier alpha value is -4.97. The molecule has 0 fully saturated rings. The summed E-state index contributed by atoms with van der Waals surface area (Å²) in [5, 5.41) is 2.72. The van der Waals surface area contributed by atoms with E-state index in [1.807, 2.05) is 0 Å². The van der Waals surface area contributed by atoms with Crippen LogP contribution in [0.25, 0.3) is 0 Å². The van der Waals surface area contributed by atoms with Gasteiger partial charge in [-0.1, -0.05) is 48.5 Å². The average Bonchev–Trinajstić information content (AvgIpc) is 2.90. The van der Waals surface area contributed by atoms with Crippen molar-refractivity contribution in [1.82, 2.24) is 0 Å². The summed E-state index contributed by atoms with van der Waals surface area (Å²) in [6.45, 7) is 0. The van der Waals surface area contributed by atoms with Gasteiger partial charge in [0.15, 0.2) is 23.1 Å². The molecule has 6 nitrogen and oxygen atoms in total. The Morgan fingerprint density at radius 1 is 0.457 bits per heavy atom. The van der Waals surface area contributed by atoms with Crippen molar-refractivity contribution in [3.05, 3.63) is 135 Å². The van der Waals surface area contributed by atoms with Crippen LogP contribution in [-0.4, -0.2) is 29.0 Å². The zero-order valence-electron chi connectivity index (χ0n) is 18.1. The maximum Gasteiger partial charge on any atom is 0.255 e. The Kier molecular flexibility index (Phi) is 4.44. The van der Waals surface area contributed by atoms with Crippen LogP contribution in [0.15, 0.2) is 84.9 Å². The number of rotatable bonds is 2. The number of benzene rings is 4. The molecule has 6 heteroatoms. The van der Waals surface area contributed by atoms with Gasteiger partial charge in [-0.2, -0.15) is 0 Å². The molecule has 0 saturated heterocycles. The first-order chi connectivity index (χ1) is 16.9. The van der Waals surface area contributed by atoms with Gasteiger partial charge in [-0.3, -0.25) is 24.0 Å². The van der Waals surface area contributed by atoms with E-state index in [4.69, 9.17) is 0 Å². The molecule has 0 bridgehead atoms. The van der Waals surface area contributed by atoms with Crippen molar-refractivity contribution >= 4 is 34.7 Å². The van der Waals surface area contributed by atoms with E-state index in [0.29, 0.717) is 27.9 Å². The fourth-order valence-electron chi connectivity index (χ4n) is 4.62. The number of hydrogen-bond acceptors (Lipinski definition) is 5. The summed E-state index contributed by atoms with van der Waals surface area (Å²) >= 11 is 0. The fraction of sp³-hybridized carbons (Fsp3) is 0. The van der Waals surface area contributed by atoms with Crippen LogP contribution < -0.4 is 5.32 Å². The third-order valence-corrected chi connectivity index (χ3v) is 6.37. The van der Waals surface area contributed by atoms with Gasteiger partial charge in [0.05, 0.1) is 0 Å². The molecule has 6 rings (SSSR count). The Balaban J connectivity index is 1.31. The van der Waals surface area contributed by atoms with Crippen LogP contribution in [0.4, 0.5) is 5.69 Å². The Bertz CT molecular complexity index is 1660. The van der Waals surface area contributed by atoms with Gasteiger partial charge in [-0.05, 0) is 36.4 Å². The maximum atomic E-state index is 13.0. The molecule has 0 saturated carbocycles. The minimum atomic E-state index is -0.512. The van der Waals surface area contributed by atoms with Gasteiger partial charge in [0.1, 0.15) is 0 Å². The van der Waals surface area contributed by atoms with Crippen LogP contribution >= 0.6 is 0 Å². The van der Waals surface area contributed by atoms with E-state index >= 15 is 0 Å². The summed E-state index contributed by atoms with van der Waals surface area (Å²) in [4.78, 5) is 64.5. The molecule has 1 N–H and O–H groups in total. The minimum absolute atomic E-state index is 0.171. The Morgan fingerprint density at radius 2 is 0.857 bits per heavy atom.